The molecule has 1 rings (SSSR count). The van der Waals surface area contributed by atoms with Crippen molar-refractivity contribution in [3.63, 3.8) is 0 Å². The molecule has 0 bridgehead atoms. The number of hydrogen-bond acceptors (Lipinski definition) is 3. The van der Waals surface area contributed by atoms with Crippen molar-refractivity contribution in [2.45, 2.75) is 26.4 Å². The van der Waals surface area contributed by atoms with E-state index < -0.39 is 0 Å². The van der Waals surface area contributed by atoms with Gasteiger partial charge in [-0.3, -0.25) is 4.90 Å². The van der Waals surface area contributed by atoms with Gasteiger partial charge in [0.2, 0.25) is 0 Å². The molecule has 13 heavy (non-hydrogen) atoms. The zero-order valence-corrected chi connectivity index (χ0v) is 11.8. The van der Waals surface area contributed by atoms with Crippen molar-refractivity contribution < 1.29 is 24.2 Å². The van der Waals surface area contributed by atoms with Crippen LogP contribution in [-0.2, 0) is 24.2 Å². The van der Waals surface area contributed by atoms with Gasteiger partial charge >= 0.3 is 0 Å². The molecule has 2 N–H and O–H groups in total. The quantitative estimate of drug-likeness (QED) is 0.733. The Hall–Kier alpha value is 0.503. The van der Waals surface area contributed by atoms with E-state index in [-0.39, 0.29) is 25.6 Å². The topological polar surface area (TPSA) is 38.5 Å². The van der Waals surface area contributed by atoms with Gasteiger partial charge in [0.05, 0.1) is 19.4 Å². The summed E-state index contributed by atoms with van der Waals surface area (Å²) in [5.74, 6) is 0.683. The molecule has 1 fully saturated rings. The molecule has 74 valence electrons. The van der Waals surface area contributed by atoms with Gasteiger partial charge in [-0.15, -0.1) is 0 Å². The standard InChI is InChI=1S/C9H20N2O.Zn/c1-8(2)7-9(10)11-3-5-12-6-4-11;/h8-9H,3-7,10H2,1-2H3;. The first-order valence-electron chi connectivity index (χ1n) is 4.77. The maximum Gasteiger partial charge on any atom is 0.0594 e. The van der Waals surface area contributed by atoms with Gasteiger partial charge in [-0.2, -0.15) is 0 Å². The fraction of sp³-hybridized carbons (Fsp3) is 1.00. The Morgan fingerprint density at radius 2 is 1.85 bits per heavy atom. The summed E-state index contributed by atoms with van der Waals surface area (Å²) in [6.45, 7) is 8.08. The van der Waals surface area contributed by atoms with E-state index in [9.17, 15) is 0 Å². The van der Waals surface area contributed by atoms with Crippen molar-refractivity contribution in [3.05, 3.63) is 0 Å². The minimum atomic E-state index is 0. The van der Waals surface area contributed by atoms with Crippen LogP contribution in [0.4, 0.5) is 0 Å². The minimum Gasteiger partial charge on any atom is -0.379 e. The summed E-state index contributed by atoms with van der Waals surface area (Å²) in [7, 11) is 0. The molecular formula is C9H20N2OZn. The van der Waals surface area contributed by atoms with Crippen molar-refractivity contribution in [1.82, 2.24) is 4.90 Å². The van der Waals surface area contributed by atoms with Crippen molar-refractivity contribution in [2.75, 3.05) is 26.3 Å². The maximum absolute atomic E-state index is 6.02. The molecule has 0 aliphatic carbocycles. The molecule has 3 nitrogen and oxygen atoms in total. The molecule has 0 amide bonds. The smallest absolute Gasteiger partial charge is 0.0594 e. The van der Waals surface area contributed by atoms with Gasteiger partial charge in [-0.25, -0.2) is 0 Å². The van der Waals surface area contributed by atoms with Gasteiger partial charge in [0.15, 0.2) is 0 Å². The Morgan fingerprint density at radius 1 is 1.31 bits per heavy atom. The molecule has 1 atom stereocenters. The number of nitrogens with two attached hydrogens (primary N) is 1. The number of morpholine rings is 1. The second kappa shape index (κ2) is 6.88. The Bertz CT molecular complexity index is 127. The number of ether oxygens (including phenoxy) is 1. The summed E-state index contributed by atoms with van der Waals surface area (Å²) in [6, 6.07) is 0. The van der Waals surface area contributed by atoms with E-state index in [4.69, 9.17) is 10.5 Å². The normalized spacial score (nSPS) is 21.2. The van der Waals surface area contributed by atoms with E-state index in [1.807, 2.05) is 0 Å². The van der Waals surface area contributed by atoms with Gasteiger partial charge < -0.3 is 10.5 Å². The Morgan fingerprint density at radius 3 is 2.31 bits per heavy atom. The van der Waals surface area contributed by atoms with Crippen LogP contribution in [0, 0.1) is 5.92 Å². The monoisotopic (exact) mass is 236 g/mol. The van der Waals surface area contributed by atoms with Crippen LogP contribution in [0.5, 0.6) is 0 Å². The minimum absolute atomic E-state index is 0. The van der Waals surface area contributed by atoms with Crippen LogP contribution >= 0.6 is 0 Å². The van der Waals surface area contributed by atoms with E-state index in [1.165, 1.54) is 0 Å². The zero-order valence-electron chi connectivity index (χ0n) is 8.83. The average molecular weight is 238 g/mol. The fourth-order valence-corrected chi connectivity index (χ4v) is 1.54. The molecule has 0 radical (unpaired) electrons. The second-order valence-electron chi connectivity index (χ2n) is 3.85. The third-order valence-corrected chi connectivity index (χ3v) is 2.23. The molecule has 0 aromatic heterocycles. The van der Waals surface area contributed by atoms with E-state index >= 15 is 0 Å². The maximum atomic E-state index is 6.02. The van der Waals surface area contributed by atoms with Gasteiger partial charge in [-0.1, -0.05) is 13.8 Å². The number of hydrogen-bond donors (Lipinski definition) is 1. The molecule has 4 heteroatoms. The van der Waals surface area contributed by atoms with Crippen molar-refractivity contribution in [1.29, 1.82) is 0 Å². The predicted molar refractivity (Wildman–Crippen MR) is 49.8 cm³/mol. The van der Waals surface area contributed by atoms with Gasteiger partial charge in [0.1, 0.15) is 0 Å². The molecule has 1 heterocycles. The van der Waals surface area contributed by atoms with Crippen molar-refractivity contribution >= 4 is 0 Å². The largest absolute Gasteiger partial charge is 0.379 e. The number of rotatable bonds is 3. The molecule has 0 spiro atoms. The summed E-state index contributed by atoms with van der Waals surface area (Å²) < 4.78 is 5.26. The van der Waals surface area contributed by atoms with Crippen LogP contribution in [0.15, 0.2) is 0 Å². The Labute approximate surface area is 93.7 Å². The predicted octanol–water partition coefficient (Wildman–Crippen LogP) is 0.647. The third kappa shape index (κ3) is 5.06. The molecule has 0 aromatic carbocycles. The second-order valence-corrected chi connectivity index (χ2v) is 3.85. The zero-order chi connectivity index (χ0) is 8.97. The van der Waals surface area contributed by atoms with Crippen LogP contribution in [0.1, 0.15) is 20.3 Å². The molecule has 1 saturated heterocycles. The summed E-state index contributed by atoms with van der Waals surface area (Å²) in [6.07, 6.45) is 1.31. The SMILES string of the molecule is CC(C)CC(N)N1CCOCC1.[Zn]. The van der Waals surface area contributed by atoms with Gasteiger partial charge in [0, 0.05) is 32.6 Å². The number of nitrogens with zero attached hydrogens (tertiary/aromatic N) is 1. The first kappa shape index (κ1) is 13.5. The van der Waals surface area contributed by atoms with Crippen LogP contribution in [0.25, 0.3) is 0 Å². The van der Waals surface area contributed by atoms with E-state index in [0.29, 0.717) is 5.92 Å². The van der Waals surface area contributed by atoms with Crippen molar-refractivity contribution in [2.24, 2.45) is 11.7 Å². The van der Waals surface area contributed by atoms with Gasteiger partial charge in [-0.05, 0) is 12.3 Å². The van der Waals surface area contributed by atoms with E-state index in [2.05, 4.69) is 18.7 Å². The van der Waals surface area contributed by atoms with Crippen LogP contribution in [0.3, 0.4) is 0 Å². The summed E-state index contributed by atoms with van der Waals surface area (Å²) in [4.78, 5) is 2.31. The molecule has 0 saturated carbocycles. The van der Waals surface area contributed by atoms with Crippen LogP contribution < -0.4 is 5.73 Å². The molecular weight excluding hydrogens is 218 g/mol. The van der Waals surface area contributed by atoms with Crippen molar-refractivity contribution in [3.8, 4) is 0 Å². The first-order valence-corrected chi connectivity index (χ1v) is 4.77. The summed E-state index contributed by atoms with van der Waals surface area (Å²) in [5, 5.41) is 0. The summed E-state index contributed by atoms with van der Waals surface area (Å²) in [5.41, 5.74) is 6.02. The Balaban J connectivity index is 0.00000144. The van der Waals surface area contributed by atoms with Crippen LogP contribution in [0.2, 0.25) is 0 Å². The van der Waals surface area contributed by atoms with Crippen LogP contribution in [-0.4, -0.2) is 37.4 Å². The Kier molecular flexibility index (Phi) is 7.15. The first-order chi connectivity index (χ1) is 5.70. The molecule has 0 aromatic rings. The summed E-state index contributed by atoms with van der Waals surface area (Å²) >= 11 is 0. The average Bonchev–Trinajstić information content (AvgIpc) is 2.05. The van der Waals surface area contributed by atoms with E-state index in [1.54, 1.807) is 0 Å². The van der Waals surface area contributed by atoms with Gasteiger partial charge in [0.25, 0.3) is 0 Å². The van der Waals surface area contributed by atoms with E-state index in [0.717, 1.165) is 32.7 Å². The third-order valence-electron chi connectivity index (χ3n) is 2.23. The molecule has 1 aliphatic heterocycles. The molecule has 1 unspecified atom stereocenters. The fourth-order valence-electron chi connectivity index (χ4n) is 1.54. The molecule has 1 aliphatic rings.